The van der Waals surface area contributed by atoms with Crippen LogP contribution in [-0.4, -0.2) is 37.2 Å². The van der Waals surface area contributed by atoms with Gasteiger partial charge in [-0.05, 0) is 57.8 Å². The van der Waals surface area contributed by atoms with Crippen molar-refractivity contribution in [2.45, 2.75) is 406 Å². The summed E-state index contributed by atoms with van der Waals surface area (Å²) in [5.74, 6) is -0.840. The minimum absolute atomic E-state index is 0.0686. The van der Waals surface area contributed by atoms with E-state index in [-0.39, 0.29) is 31.1 Å². The summed E-state index contributed by atoms with van der Waals surface area (Å²) < 4.78 is 17.0. The van der Waals surface area contributed by atoms with Gasteiger partial charge in [0.25, 0.3) is 0 Å². The van der Waals surface area contributed by atoms with E-state index in [1.165, 1.54) is 276 Å². The Balaban J connectivity index is 4.29. The fourth-order valence-corrected chi connectivity index (χ4v) is 11.1. The number of allylic oxidation sites excluding steroid dienone is 8. The summed E-state index contributed by atoms with van der Waals surface area (Å²) in [6, 6.07) is 0. The van der Waals surface area contributed by atoms with Crippen molar-refractivity contribution in [3.05, 3.63) is 48.6 Å². The van der Waals surface area contributed by atoms with Crippen molar-refractivity contribution in [3.63, 3.8) is 0 Å². The molecule has 6 nitrogen and oxygen atoms in total. The summed E-state index contributed by atoms with van der Waals surface area (Å²) in [4.78, 5) is 38.5. The lowest BCUT2D eigenvalue weighted by molar-refractivity contribution is -0.167. The number of carbonyl (C=O) groups is 3. The second-order valence-corrected chi connectivity index (χ2v) is 24.8. The zero-order chi connectivity index (χ0) is 59.2. The monoisotopic (exact) mass is 1150 g/mol. The predicted octanol–water partition coefficient (Wildman–Crippen LogP) is 25.3. The minimum atomic E-state index is -0.774. The number of unbranched alkanes of at least 4 members (excludes halogenated alkanes) is 49. The summed E-state index contributed by atoms with van der Waals surface area (Å²) in [6.07, 6.45) is 90.0. The molecule has 0 spiro atoms. The van der Waals surface area contributed by atoms with E-state index in [0.717, 1.165) is 83.5 Å². The Morgan fingerprint density at radius 2 is 0.476 bits per heavy atom. The molecule has 0 radical (unpaired) electrons. The van der Waals surface area contributed by atoms with Crippen molar-refractivity contribution in [2.24, 2.45) is 0 Å². The van der Waals surface area contributed by atoms with Crippen LogP contribution in [0.2, 0.25) is 0 Å². The molecular formula is C76H140O6. The van der Waals surface area contributed by atoms with E-state index < -0.39 is 6.10 Å². The van der Waals surface area contributed by atoms with Gasteiger partial charge in [0.05, 0.1) is 0 Å². The zero-order valence-electron chi connectivity index (χ0n) is 55.3. The molecule has 0 N–H and O–H groups in total. The first-order chi connectivity index (χ1) is 40.5. The van der Waals surface area contributed by atoms with Crippen molar-refractivity contribution in [1.29, 1.82) is 0 Å². The van der Waals surface area contributed by atoms with E-state index in [1.807, 2.05) is 0 Å². The highest BCUT2D eigenvalue weighted by atomic mass is 16.6. The van der Waals surface area contributed by atoms with E-state index in [4.69, 9.17) is 14.2 Å². The van der Waals surface area contributed by atoms with Crippen molar-refractivity contribution < 1.29 is 28.6 Å². The van der Waals surface area contributed by atoms with Crippen LogP contribution in [0, 0.1) is 0 Å². The molecule has 0 saturated heterocycles. The lowest BCUT2D eigenvalue weighted by Crippen LogP contribution is -2.30. The Morgan fingerprint density at radius 1 is 0.256 bits per heavy atom. The van der Waals surface area contributed by atoms with Gasteiger partial charge in [-0.1, -0.05) is 371 Å². The number of esters is 3. The second kappa shape index (κ2) is 70.9. The van der Waals surface area contributed by atoms with E-state index in [9.17, 15) is 14.4 Å². The molecular weight excluding hydrogens is 1010 g/mol. The molecule has 0 bridgehead atoms. The molecule has 0 saturated carbocycles. The Bertz CT molecular complexity index is 1410. The number of carbonyl (C=O) groups excluding carboxylic acids is 3. The van der Waals surface area contributed by atoms with Gasteiger partial charge in [0.2, 0.25) is 0 Å². The maximum atomic E-state index is 13.0. The Kier molecular flexibility index (Phi) is 68.6. The molecule has 1 atom stereocenters. The van der Waals surface area contributed by atoms with E-state index in [0.29, 0.717) is 19.3 Å². The van der Waals surface area contributed by atoms with Gasteiger partial charge in [0, 0.05) is 19.3 Å². The van der Waals surface area contributed by atoms with Crippen LogP contribution in [0.3, 0.4) is 0 Å². The smallest absolute Gasteiger partial charge is 0.306 e. The highest BCUT2D eigenvalue weighted by Crippen LogP contribution is 2.19. The number of hydrogen-bond acceptors (Lipinski definition) is 6. The third-order valence-corrected chi connectivity index (χ3v) is 16.6. The average molecular weight is 1150 g/mol. The molecule has 0 fully saturated rings. The van der Waals surface area contributed by atoms with Gasteiger partial charge in [0.15, 0.2) is 6.10 Å². The van der Waals surface area contributed by atoms with Gasteiger partial charge in [-0.2, -0.15) is 0 Å². The molecule has 480 valence electrons. The first-order valence-electron chi connectivity index (χ1n) is 36.6. The third-order valence-electron chi connectivity index (χ3n) is 16.6. The molecule has 0 aromatic rings. The predicted molar refractivity (Wildman–Crippen MR) is 358 cm³/mol. The largest absolute Gasteiger partial charge is 0.462 e. The molecule has 0 amide bonds. The third kappa shape index (κ3) is 68.2. The Hall–Kier alpha value is -2.63. The first-order valence-corrected chi connectivity index (χ1v) is 36.6. The molecule has 0 aliphatic carbocycles. The number of hydrogen-bond donors (Lipinski definition) is 0. The number of ether oxygens (including phenoxy) is 3. The Morgan fingerprint density at radius 3 is 0.744 bits per heavy atom. The maximum absolute atomic E-state index is 13.0. The Labute approximate surface area is 511 Å². The van der Waals surface area contributed by atoms with Crippen LogP contribution in [0.25, 0.3) is 0 Å². The van der Waals surface area contributed by atoms with Crippen LogP contribution in [0.4, 0.5) is 0 Å². The fourth-order valence-electron chi connectivity index (χ4n) is 11.1. The second-order valence-electron chi connectivity index (χ2n) is 24.8. The van der Waals surface area contributed by atoms with Gasteiger partial charge < -0.3 is 14.2 Å². The molecule has 0 heterocycles. The van der Waals surface area contributed by atoms with Crippen LogP contribution < -0.4 is 0 Å². The molecule has 1 unspecified atom stereocenters. The lowest BCUT2D eigenvalue weighted by atomic mass is 10.0. The van der Waals surface area contributed by atoms with Gasteiger partial charge in [-0.15, -0.1) is 0 Å². The van der Waals surface area contributed by atoms with Gasteiger partial charge in [-0.25, -0.2) is 0 Å². The van der Waals surface area contributed by atoms with Gasteiger partial charge in [0.1, 0.15) is 13.2 Å². The fraction of sp³-hybridized carbons (Fsp3) is 0.855. The van der Waals surface area contributed by atoms with Crippen molar-refractivity contribution in [1.82, 2.24) is 0 Å². The van der Waals surface area contributed by atoms with Crippen LogP contribution in [0.15, 0.2) is 48.6 Å². The van der Waals surface area contributed by atoms with Crippen LogP contribution >= 0.6 is 0 Å². The minimum Gasteiger partial charge on any atom is -0.462 e. The average Bonchev–Trinajstić information content (AvgIpc) is 3.47. The molecule has 0 rings (SSSR count). The highest BCUT2D eigenvalue weighted by molar-refractivity contribution is 5.71. The quantitative estimate of drug-likeness (QED) is 0.0261. The maximum Gasteiger partial charge on any atom is 0.306 e. The summed E-state index contributed by atoms with van der Waals surface area (Å²) in [5, 5.41) is 0. The van der Waals surface area contributed by atoms with Gasteiger partial charge >= 0.3 is 17.9 Å². The van der Waals surface area contributed by atoms with E-state index in [2.05, 4.69) is 69.4 Å². The summed E-state index contributed by atoms with van der Waals surface area (Å²) in [7, 11) is 0. The van der Waals surface area contributed by atoms with Crippen LogP contribution in [0.1, 0.15) is 400 Å². The molecule has 0 aliphatic heterocycles. The molecule has 82 heavy (non-hydrogen) atoms. The standard InChI is InChI=1S/C76H140O6/c1-4-7-10-13-16-19-22-25-28-31-33-35-37-39-40-42-45-48-51-54-57-60-63-66-69-75(78)81-72-73(71-80-74(77)68-65-62-59-56-53-50-47-44-30-27-24-21-18-15-12-9-6-3)82-76(79)70-67-64-61-58-55-52-49-46-43-41-38-36-34-32-29-26-23-20-17-14-11-8-5-2/h8,11,17,20,26,29,34,36,73H,4-7,9-10,12-16,18-19,21-25,27-28,30-33,35,37-72H2,1-3H3/b11-8-,20-17-,29-26-,36-34-. The zero-order valence-corrected chi connectivity index (χ0v) is 55.3. The summed E-state index contributed by atoms with van der Waals surface area (Å²) in [5.41, 5.74) is 0. The normalized spacial score (nSPS) is 12.3. The van der Waals surface area contributed by atoms with Crippen molar-refractivity contribution in [3.8, 4) is 0 Å². The SMILES string of the molecule is CC/C=C\C/C=C\C/C=C\C/C=C\CCCCCCCCCCCCC(=O)OC(COC(=O)CCCCCCCCCCCCCCCCCCC)COC(=O)CCCCCCCCCCCCCCCCCCCCCCCCCC. The van der Waals surface area contributed by atoms with Gasteiger partial charge in [-0.3, -0.25) is 14.4 Å². The molecule has 6 heteroatoms. The number of rotatable bonds is 68. The first kappa shape index (κ1) is 79.4. The molecule has 0 aromatic carbocycles. The van der Waals surface area contributed by atoms with Crippen LogP contribution in [-0.2, 0) is 28.6 Å². The summed E-state index contributed by atoms with van der Waals surface area (Å²) >= 11 is 0. The van der Waals surface area contributed by atoms with E-state index in [1.54, 1.807) is 0 Å². The highest BCUT2D eigenvalue weighted by Gasteiger charge is 2.19. The topological polar surface area (TPSA) is 78.9 Å². The summed E-state index contributed by atoms with van der Waals surface area (Å²) in [6.45, 7) is 6.61. The van der Waals surface area contributed by atoms with Crippen molar-refractivity contribution in [2.75, 3.05) is 13.2 Å². The molecule has 0 aliphatic rings. The lowest BCUT2D eigenvalue weighted by Gasteiger charge is -2.18. The van der Waals surface area contributed by atoms with Crippen LogP contribution in [0.5, 0.6) is 0 Å². The molecule has 0 aromatic heterocycles. The van der Waals surface area contributed by atoms with Crippen molar-refractivity contribution >= 4 is 17.9 Å². The van der Waals surface area contributed by atoms with E-state index >= 15 is 0 Å².